The SMILES string of the molecule is N#Cc1ccc(N2CCOC(c3cc(F)c(Cl)cc3Cl)C2)c([N+](=O)[O-])c1. The van der Waals surface area contributed by atoms with Crippen LogP contribution in [0.15, 0.2) is 30.3 Å². The van der Waals surface area contributed by atoms with Crippen LogP contribution in [-0.4, -0.2) is 24.6 Å². The zero-order valence-electron chi connectivity index (χ0n) is 13.3. The molecular formula is C17H12Cl2FN3O3. The van der Waals surface area contributed by atoms with Gasteiger partial charge >= 0.3 is 0 Å². The molecular weight excluding hydrogens is 384 g/mol. The van der Waals surface area contributed by atoms with E-state index < -0.39 is 16.8 Å². The molecule has 1 fully saturated rings. The Morgan fingerprint density at radius 3 is 2.77 bits per heavy atom. The first-order chi connectivity index (χ1) is 12.4. The van der Waals surface area contributed by atoms with E-state index in [0.29, 0.717) is 17.8 Å². The highest BCUT2D eigenvalue weighted by Crippen LogP contribution is 2.36. The second kappa shape index (κ2) is 7.46. The minimum absolute atomic E-state index is 0.0888. The summed E-state index contributed by atoms with van der Waals surface area (Å²) >= 11 is 11.9. The van der Waals surface area contributed by atoms with Gasteiger partial charge in [0.1, 0.15) is 17.6 Å². The van der Waals surface area contributed by atoms with Crippen LogP contribution in [0.25, 0.3) is 0 Å². The van der Waals surface area contributed by atoms with Crippen molar-refractivity contribution < 1.29 is 14.1 Å². The van der Waals surface area contributed by atoms with Crippen LogP contribution in [0.1, 0.15) is 17.2 Å². The number of morpholine rings is 1. The standard InChI is InChI=1S/C17H12Cl2FN3O3/c18-12-7-13(19)14(20)6-11(12)17-9-22(3-4-26-17)15-2-1-10(8-21)5-16(15)23(24)25/h1-2,5-7,17H,3-4,9H2. The molecule has 2 aromatic carbocycles. The number of hydrogen-bond donors (Lipinski definition) is 0. The fourth-order valence-electron chi connectivity index (χ4n) is 2.85. The van der Waals surface area contributed by atoms with Crippen molar-refractivity contribution >= 4 is 34.6 Å². The summed E-state index contributed by atoms with van der Waals surface area (Å²) in [6.45, 7) is 0.937. The minimum Gasteiger partial charge on any atom is -0.370 e. The van der Waals surface area contributed by atoms with E-state index in [9.17, 15) is 14.5 Å². The van der Waals surface area contributed by atoms with Crippen molar-refractivity contribution in [1.82, 2.24) is 0 Å². The quantitative estimate of drug-likeness (QED) is 0.434. The maximum Gasteiger partial charge on any atom is 0.293 e. The zero-order chi connectivity index (χ0) is 18.8. The first kappa shape index (κ1) is 18.4. The normalized spacial score (nSPS) is 17.0. The van der Waals surface area contributed by atoms with E-state index in [1.807, 2.05) is 6.07 Å². The third kappa shape index (κ3) is 3.58. The van der Waals surface area contributed by atoms with Crippen LogP contribution in [-0.2, 0) is 4.74 Å². The molecule has 3 rings (SSSR count). The number of anilines is 1. The lowest BCUT2D eigenvalue weighted by atomic mass is 10.1. The van der Waals surface area contributed by atoms with Crippen LogP contribution < -0.4 is 4.90 Å². The molecule has 1 saturated heterocycles. The van der Waals surface area contributed by atoms with Crippen molar-refractivity contribution in [2.24, 2.45) is 0 Å². The molecule has 0 saturated carbocycles. The van der Waals surface area contributed by atoms with Gasteiger partial charge in [0.2, 0.25) is 0 Å². The Morgan fingerprint density at radius 1 is 1.31 bits per heavy atom. The van der Waals surface area contributed by atoms with Gasteiger partial charge in [0.15, 0.2) is 0 Å². The molecule has 1 aliphatic rings. The molecule has 0 amide bonds. The van der Waals surface area contributed by atoms with E-state index in [1.54, 1.807) is 4.90 Å². The molecule has 0 aliphatic carbocycles. The Morgan fingerprint density at radius 2 is 2.08 bits per heavy atom. The van der Waals surface area contributed by atoms with Crippen molar-refractivity contribution in [1.29, 1.82) is 5.26 Å². The van der Waals surface area contributed by atoms with Gasteiger partial charge in [0.05, 0.1) is 28.2 Å². The largest absolute Gasteiger partial charge is 0.370 e. The molecule has 134 valence electrons. The monoisotopic (exact) mass is 395 g/mol. The van der Waals surface area contributed by atoms with Gasteiger partial charge in [0.25, 0.3) is 5.69 Å². The maximum atomic E-state index is 13.8. The van der Waals surface area contributed by atoms with Crippen molar-refractivity contribution in [3.05, 3.63) is 67.4 Å². The Bertz CT molecular complexity index is 917. The Kier molecular flexibility index (Phi) is 5.28. The lowest BCUT2D eigenvalue weighted by Gasteiger charge is -2.34. The highest BCUT2D eigenvalue weighted by atomic mass is 35.5. The number of rotatable bonds is 3. The van der Waals surface area contributed by atoms with E-state index in [0.717, 1.165) is 0 Å². The van der Waals surface area contributed by atoms with Gasteiger partial charge in [-0.25, -0.2) is 4.39 Å². The van der Waals surface area contributed by atoms with Crippen LogP contribution >= 0.6 is 23.2 Å². The van der Waals surface area contributed by atoms with Gasteiger partial charge in [-0.1, -0.05) is 23.2 Å². The Labute approximate surface area is 158 Å². The first-order valence-corrected chi connectivity index (χ1v) is 8.36. The molecule has 1 unspecified atom stereocenters. The number of nitro benzene ring substituents is 1. The van der Waals surface area contributed by atoms with E-state index in [1.165, 1.54) is 30.3 Å². The van der Waals surface area contributed by atoms with Gasteiger partial charge in [-0.3, -0.25) is 10.1 Å². The van der Waals surface area contributed by atoms with E-state index in [-0.39, 0.29) is 34.4 Å². The second-order valence-electron chi connectivity index (χ2n) is 5.67. The number of hydrogen-bond acceptors (Lipinski definition) is 5. The second-order valence-corrected chi connectivity index (χ2v) is 6.48. The number of nitrogens with zero attached hydrogens (tertiary/aromatic N) is 3. The predicted octanol–water partition coefficient (Wildman–Crippen LogP) is 4.49. The highest BCUT2D eigenvalue weighted by molar-refractivity contribution is 6.35. The van der Waals surface area contributed by atoms with Crippen LogP contribution in [0.4, 0.5) is 15.8 Å². The summed E-state index contributed by atoms with van der Waals surface area (Å²) in [7, 11) is 0. The molecule has 9 heteroatoms. The van der Waals surface area contributed by atoms with Gasteiger partial charge < -0.3 is 9.64 Å². The fraction of sp³-hybridized carbons (Fsp3) is 0.235. The average Bonchev–Trinajstić information content (AvgIpc) is 2.64. The van der Waals surface area contributed by atoms with Gasteiger partial charge in [-0.15, -0.1) is 0 Å². The number of ether oxygens (including phenoxy) is 1. The molecule has 0 radical (unpaired) electrons. The van der Waals surface area contributed by atoms with Gasteiger partial charge in [0, 0.05) is 29.7 Å². The van der Waals surface area contributed by atoms with Gasteiger partial charge in [-0.2, -0.15) is 5.26 Å². The topological polar surface area (TPSA) is 79.4 Å². The summed E-state index contributed by atoms with van der Waals surface area (Å²) < 4.78 is 19.5. The third-order valence-corrected chi connectivity index (χ3v) is 4.71. The Balaban J connectivity index is 1.94. The molecule has 26 heavy (non-hydrogen) atoms. The van der Waals surface area contributed by atoms with E-state index in [2.05, 4.69) is 0 Å². The molecule has 1 heterocycles. The van der Waals surface area contributed by atoms with Crippen molar-refractivity contribution in [3.8, 4) is 6.07 Å². The number of halogens is 3. The average molecular weight is 396 g/mol. The summed E-state index contributed by atoms with van der Waals surface area (Å²) in [6, 6.07) is 8.68. The minimum atomic E-state index is -0.615. The molecule has 0 N–H and O–H groups in total. The Hall–Kier alpha value is -2.40. The van der Waals surface area contributed by atoms with Crippen molar-refractivity contribution in [2.75, 3.05) is 24.6 Å². The first-order valence-electron chi connectivity index (χ1n) is 7.60. The smallest absolute Gasteiger partial charge is 0.293 e. The van der Waals surface area contributed by atoms with Crippen LogP contribution in [0, 0.1) is 27.3 Å². The summed E-state index contributed by atoms with van der Waals surface area (Å²) in [4.78, 5) is 12.6. The van der Waals surface area contributed by atoms with Gasteiger partial charge in [-0.05, 0) is 24.3 Å². The summed E-state index contributed by atoms with van der Waals surface area (Å²) in [5, 5.41) is 20.5. The van der Waals surface area contributed by atoms with E-state index >= 15 is 0 Å². The van der Waals surface area contributed by atoms with Crippen LogP contribution in [0.2, 0.25) is 10.0 Å². The summed E-state index contributed by atoms with van der Waals surface area (Å²) in [6.07, 6.45) is -0.571. The maximum absolute atomic E-state index is 13.8. The molecule has 1 atom stereocenters. The van der Waals surface area contributed by atoms with Crippen LogP contribution in [0.3, 0.4) is 0 Å². The van der Waals surface area contributed by atoms with Crippen molar-refractivity contribution in [3.63, 3.8) is 0 Å². The van der Waals surface area contributed by atoms with E-state index in [4.69, 9.17) is 33.2 Å². The molecule has 0 spiro atoms. The summed E-state index contributed by atoms with van der Waals surface area (Å²) in [5.74, 6) is -0.615. The third-order valence-electron chi connectivity index (χ3n) is 4.09. The van der Waals surface area contributed by atoms with Crippen molar-refractivity contribution in [2.45, 2.75) is 6.10 Å². The molecule has 1 aliphatic heterocycles. The summed E-state index contributed by atoms with van der Waals surface area (Å²) in [5.41, 5.74) is 0.827. The number of benzene rings is 2. The highest BCUT2D eigenvalue weighted by Gasteiger charge is 2.29. The fourth-order valence-corrected chi connectivity index (χ4v) is 3.35. The number of nitro groups is 1. The van der Waals surface area contributed by atoms with Crippen LogP contribution in [0.5, 0.6) is 0 Å². The molecule has 0 aromatic heterocycles. The predicted molar refractivity (Wildman–Crippen MR) is 95.1 cm³/mol. The zero-order valence-corrected chi connectivity index (χ0v) is 14.8. The number of nitriles is 1. The molecule has 2 aromatic rings. The molecule has 6 nitrogen and oxygen atoms in total. The lowest BCUT2D eigenvalue weighted by molar-refractivity contribution is -0.384. The molecule has 0 bridgehead atoms. The lowest BCUT2D eigenvalue weighted by Crippen LogP contribution is -2.38.